The molecule has 2 nitrogen and oxygen atoms in total. The zero-order chi connectivity index (χ0) is 36.3. The molecule has 0 amide bonds. The third-order valence-corrected chi connectivity index (χ3v) is 12.1. The Morgan fingerprint density at radius 2 is 1.00 bits per heavy atom. The van der Waals surface area contributed by atoms with E-state index in [0.717, 1.165) is 39.0 Å². The number of anilines is 3. The fraction of sp³-hybridized carbons (Fsp3) is 0. The maximum Gasteiger partial charge on any atom is 0.137 e. The Balaban J connectivity index is 1.09. The third kappa shape index (κ3) is 5.24. The molecule has 2 aromatic heterocycles. The predicted octanol–water partition coefficient (Wildman–Crippen LogP) is 15.6. The van der Waals surface area contributed by atoms with Crippen LogP contribution in [-0.2, 0) is 0 Å². The molecular weight excluding hydrogens is 687 g/mol. The van der Waals surface area contributed by atoms with E-state index >= 15 is 0 Å². The van der Waals surface area contributed by atoms with E-state index in [1.165, 1.54) is 64.3 Å². The molecule has 0 saturated heterocycles. The molecule has 0 bridgehead atoms. The van der Waals surface area contributed by atoms with Crippen molar-refractivity contribution in [3.63, 3.8) is 0 Å². The van der Waals surface area contributed by atoms with Crippen molar-refractivity contribution in [1.82, 2.24) is 0 Å². The molecule has 0 aliphatic carbocycles. The normalized spacial score (nSPS) is 11.6. The van der Waals surface area contributed by atoms with Gasteiger partial charge in [-0.1, -0.05) is 152 Å². The Kier molecular flexibility index (Phi) is 7.39. The van der Waals surface area contributed by atoms with Gasteiger partial charge < -0.3 is 9.32 Å². The van der Waals surface area contributed by atoms with Gasteiger partial charge >= 0.3 is 0 Å². The fourth-order valence-electron chi connectivity index (χ4n) is 8.35. The maximum atomic E-state index is 6.45. The van der Waals surface area contributed by atoms with Crippen LogP contribution >= 0.6 is 11.3 Å². The molecule has 0 fully saturated rings. The van der Waals surface area contributed by atoms with Gasteiger partial charge in [-0.05, 0) is 81.6 Å². The van der Waals surface area contributed by atoms with Gasteiger partial charge in [-0.25, -0.2) is 0 Å². The highest BCUT2D eigenvalue weighted by Crippen LogP contribution is 2.48. The van der Waals surface area contributed by atoms with Gasteiger partial charge in [0.2, 0.25) is 0 Å². The Morgan fingerprint density at radius 3 is 1.93 bits per heavy atom. The van der Waals surface area contributed by atoms with Crippen LogP contribution < -0.4 is 4.90 Å². The summed E-state index contributed by atoms with van der Waals surface area (Å²) in [6.07, 6.45) is 0. The first-order valence-corrected chi connectivity index (χ1v) is 19.5. The lowest BCUT2D eigenvalue weighted by Gasteiger charge is -2.29. The number of benzene rings is 9. The third-order valence-electron chi connectivity index (χ3n) is 10.9. The molecule has 0 aliphatic heterocycles. The topological polar surface area (TPSA) is 16.4 Å². The molecular formula is C52H33NOS. The van der Waals surface area contributed by atoms with Crippen molar-refractivity contribution >= 4 is 81.3 Å². The molecule has 55 heavy (non-hydrogen) atoms. The number of fused-ring (bicyclic) bond motifs is 7. The van der Waals surface area contributed by atoms with Gasteiger partial charge in [0.15, 0.2) is 0 Å². The van der Waals surface area contributed by atoms with Crippen LogP contribution in [0.2, 0.25) is 0 Å². The number of hydrogen-bond acceptors (Lipinski definition) is 3. The first-order valence-electron chi connectivity index (χ1n) is 18.7. The van der Waals surface area contributed by atoms with E-state index in [9.17, 15) is 0 Å². The van der Waals surface area contributed by atoms with Crippen LogP contribution in [0.1, 0.15) is 0 Å². The minimum Gasteiger partial charge on any atom is -0.456 e. The largest absolute Gasteiger partial charge is 0.456 e. The molecule has 3 heteroatoms. The summed E-state index contributed by atoms with van der Waals surface area (Å²) in [6.45, 7) is 0. The van der Waals surface area contributed by atoms with Crippen molar-refractivity contribution in [2.75, 3.05) is 4.90 Å². The number of furan rings is 1. The minimum absolute atomic E-state index is 0.870. The van der Waals surface area contributed by atoms with Crippen LogP contribution in [-0.4, -0.2) is 0 Å². The van der Waals surface area contributed by atoms with Crippen LogP contribution in [0.5, 0.6) is 0 Å². The van der Waals surface area contributed by atoms with Crippen LogP contribution in [0.15, 0.2) is 205 Å². The van der Waals surface area contributed by atoms with Crippen molar-refractivity contribution in [1.29, 1.82) is 0 Å². The summed E-state index contributed by atoms with van der Waals surface area (Å²) in [5, 5.41) is 7.30. The second-order valence-electron chi connectivity index (χ2n) is 14.0. The molecule has 0 radical (unpaired) electrons. The van der Waals surface area contributed by atoms with Crippen molar-refractivity contribution in [3.8, 4) is 33.4 Å². The zero-order valence-electron chi connectivity index (χ0n) is 29.8. The quantitative estimate of drug-likeness (QED) is 0.170. The number of thiophene rings is 1. The van der Waals surface area contributed by atoms with E-state index in [-0.39, 0.29) is 0 Å². The fourth-order valence-corrected chi connectivity index (χ4v) is 9.58. The average Bonchev–Trinajstić information content (AvgIpc) is 3.83. The SMILES string of the molecule is c1cc(-c2ccc(N(c3ccccc3-c3cccc4c3sc3ccccc34)c3cccc4oc5ccccc5c34)cc2)cc(-c2cccc3ccccc23)c1. The molecule has 0 saturated carbocycles. The molecule has 0 atom stereocenters. The van der Waals surface area contributed by atoms with E-state index in [1.807, 2.05) is 17.4 Å². The number of rotatable bonds is 6. The van der Waals surface area contributed by atoms with Crippen LogP contribution in [0, 0.1) is 0 Å². The molecule has 2 heterocycles. The first kappa shape index (κ1) is 31.6. The molecule has 11 rings (SSSR count). The van der Waals surface area contributed by atoms with Gasteiger partial charge in [0.1, 0.15) is 11.2 Å². The number of para-hydroxylation sites is 2. The van der Waals surface area contributed by atoms with Gasteiger partial charge in [-0.3, -0.25) is 0 Å². The van der Waals surface area contributed by atoms with E-state index in [2.05, 4.69) is 199 Å². The second-order valence-corrected chi connectivity index (χ2v) is 15.1. The van der Waals surface area contributed by atoms with Gasteiger partial charge in [0.05, 0.1) is 16.8 Å². The Morgan fingerprint density at radius 1 is 0.382 bits per heavy atom. The molecule has 9 aromatic carbocycles. The Hall–Kier alpha value is -6.94. The second kappa shape index (κ2) is 12.9. The van der Waals surface area contributed by atoms with Crippen molar-refractivity contribution in [2.45, 2.75) is 0 Å². The molecule has 0 N–H and O–H groups in total. The van der Waals surface area contributed by atoms with Gasteiger partial charge in [-0.15, -0.1) is 11.3 Å². The predicted molar refractivity (Wildman–Crippen MR) is 235 cm³/mol. The summed E-state index contributed by atoms with van der Waals surface area (Å²) in [6, 6.07) is 72.2. The van der Waals surface area contributed by atoms with E-state index < -0.39 is 0 Å². The van der Waals surface area contributed by atoms with E-state index in [1.54, 1.807) is 0 Å². The molecule has 0 unspecified atom stereocenters. The van der Waals surface area contributed by atoms with Gasteiger partial charge in [0.25, 0.3) is 0 Å². The van der Waals surface area contributed by atoms with Crippen LogP contribution in [0.4, 0.5) is 17.1 Å². The molecule has 0 aliphatic rings. The summed E-state index contributed by atoms with van der Waals surface area (Å²) in [5.74, 6) is 0. The maximum absolute atomic E-state index is 6.45. The minimum atomic E-state index is 0.870. The smallest absolute Gasteiger partial charge is 0.137 e. The van der Waals surface area contributed by atoms with Crippen LogP contribution in [0.3, 0.4) is 0 Å². The summed E-state index contributed by atoms with van der Waals surface area (Å²) < 4.78 is 9.04. The van der Waals surface area contributed by atoms with Crippen LogP contribution in [0.25, 0.3) is 86.3 Å². The van der Waals surface area contributed by atoms with Crippen molar-refractivity contribution in [3.05, 3.63) is 200 Å². The Labute approximate surface area is 322 Å². The number of nitrogens with zero attached hydrogens (tertiary/aromatic N) is 1. The lowest BCUT2D eigenvalue weighted by molar-refractivity contribution is 0.669. The van der Waals surface area contributed by atoms with E-state index in [4.69, 9.17) is 4.42 Å². The van der Waals surface area contributed by atoms with Gasteiger partial charge in [-0.2, -0.15) is 0 Å². The van der Waals surface area contributed by atoms with E-state index in [0.29, 0.717) is 0 Å². The van der Waals surface area contributed by atoms with Crippen molar-refractivity contribution < 1.29 is 4.42 Å². The molecule has 258 valence electrons. The summed E-state index contributed by atoms with van der Waals surface area (Å²) >= 11 is 1.87. The zero-order valence-corrected chi connectivity index (χ0v) is 30.6. The average molecular weight is 720 g/mol. The highest BCUT2D eigenvalue weighted by atomic mass is 32.1. The van der Waals surface area contributed by atoms with Crippen molar-refractivity contribution in [2.24, 2.45) is 0 Å². The molecule has 0 spiro atoms. The Bertz CT molecular complexity index is 3220. The summed E-state index contributed by atoms with van der Waals surface area (Å²) in [7, 11) is 0. The summed E-state index contributed by atoms with van der Waals surface area (Å²) in [5.41, 5.74) is 12.2. The summed E-state index contributed by atoms with van der Waals surface area (Å²) in [4.78, 5) is 2.42. The molecule has 11 aromatic rings. The lowest BCUT2D eigenvalue weighted by atomic mass is 9.95. The highest BCUT2D eigenvalue weighted by Gasteiger charge is 2.23. The standard InChI is InChI=1S/C52H33NOS/c1-2-17-39-35(13-1)14-10-21-40(39)37-16-9-15-36(33-37)34-29-31-38(32-30-34)53(47-25-12-27-49-51(47)45-20-4-7-26-48(45)54-49)46-24-6-3-18-41(46)43-22-11-23-44-42-19-5-8-28-50(42)55-52(43)44/h1-33H. The lowest BCUT2D eigenvalue weighted by Crippen LogP contribution is -2.11. The first-order chi connectivity index (χ1) is 27.3. The highest BCUT2D eigenvalue weighted by molar-refractivity contribution is 7.26. The van der Waals surface area contributed by atoms with Gasteiger partial charge in [0, 0.05) is 42.4 Å². The monoisotopic (exact) mass is 719 g/mol. The number of hydrogen-bond donors (Lipinski definition) is 0.